The molecule has 1 aliphatic rings. The number of ether oxygens (including phenoxy) is 1. The molecule has 0 bridgehead atoms. The number of hydrogen-bond acceptors (Lipinski definition) is 4. The lowest BCUT2D eigenvalue weighted by Crippen LogP contribution is -2.11. The smallest absolute Gasteiger partial charge is 0.354 e. The molecule has 1 saturated heterocycles. The Morgan fingerprint density at radius 1 is 1.67 bits per heavy atom. The van der Waals surface area contributed by atoms with Crippen LogP contribution in [-0.2, 0) is 4.74 Å². The SMILES string of the molecule is Cc1cnc(C2CCOC2)nc1C(=O)O. The maximum absolute atomic E-state index is 10.9. The summed E-state index contributed by atoms with van der Waals surface area (Å²) < 4.78 is 5.21. The van der Waals surface area contributed by atoms with Crippen LogP contribution in [0.3, 0.4) is 0 Å². The minimum atomic E-state index is -1.00. The number of rotatable bonds is 2. The molecule has 1 aromatic heterocycles. The third kappa shape index (κ3) is 1.97. The van der Waals surface area contributed by atoms with E-state index >= 15 is 0 Å². The Balaban J connectivity index is 2.33. The zero-order valence-electron chi connectivity index (χ0n) is 8.43. The third-order valence-electron chi connectivity index (χ3n) is 2.49. The van der Waals surface area contributed by atoms with Gasteiger partial charge in [-0.25, -0.2) is 14.8 Å². The monoisotopic (exact) mass is 208 g/mol. The fourth-order valence-electron chi connectivity index (χ4n) is 1.61. The van der Waals surface area contributed by atoms with Gasteiger partial charge in [0.05, 0.1) is 6.61 Å². The second kappa shape index (κ2) is 3.94. The number of hydrogen-bond donors (Lipinski definition) is 1. The number of carboxylic acid groups (broad SMARTS) is 1. The second-order valence-electron chi connectivity index (χ2n) is 3.63. The van der Waals surface area contributed by atoms with Gasteiger partial charge in [0.1, 0.15) is 5.82 Å². The van der Waals surface area contributed by atoms with Crippen LogP contribution >= 0.6 is 0 Å². The maximum atomic E-state index is 10.9. The lowest BCUT2D eigenvalue weighted by atomic mass is 10.1. The molecule has 5 heteroatoms. The molecule has 2 rings (SSSR count). The summed E-state index contributed by atoms with van der Waals surface area (Å²) in [6, 6.07) is 0. The summed E-state index contributed by atoms with van der Waals surface area (Å²) in [4.78, 5) is 19.1. The molecular formula is C10H12N2O3. The molecular weight excluding hydrogens is 196 g/mol. The number of nitrogens with zero attached hydrogens (tertiary/aromatic N) is 2. The molecule has 1 N–H and O–H groups in total. The standard InChI is InChI=1S/C10H12N2O3/c1-6-4-11-9(7-2-3-15-5-7)12-8(6)10(13)14/h4,7H,2-3,5H2,1H3,(H,13,14). The van der Waals surface area contributed by atoms with Crippen molar-refractivity contribution in [3.63, 3.8) is 0 Å². The van der Waals surface area contributed by atoms with Crippen molar-refractivity contribution < 1.29 is 14.6 Å². The van der Waals surface area contributed by atoms with Gasteiger partial charge in [-0.2, -0.15) is 0 Å². The molecule has 15 heavy (non-hydrogen) atoms. The predicted octanol–water partition coefficient (Wildman–Crippen LogP) is 0.987. The van der Waals surface area contributed by atoms with Gasteiger partial charge in [0.15, 0.2) is 5.69 Å². The van der Waals surface area contributed by atoms with Gasteiger partial charge >= 0.3 is 5.97 Å². The molecule has 1 atom stereocenters. The van der Waals surface area contributed by atoms with E-state index in [1.54, 1.807) is 13.1 Å². The molecule has 0 saturated carbocycles. The fourth-order valence-corrected chi connectivity index (χ4v) is 1.61. The first-order chi connectivity index (χ1) is 7.18. The van der Waals surface area contributed by atoms with Gasteiger partial charge in [0.2, 0.25) is 0 Å². The summed E-state index contributed by atoms with van der Waals surface area (Å²) in [7, 11) is 0. The quantitative estimate of drug-likeness (QED) is 0.784. The number of aromatic nitrogens is 2. The van der Waals surface area contributed by atoms with Crippen molar-refractivity contribution in [3.05, 3.63) is 23.3 Å². The molecule has 0 amide bonds. The van der Waals surface area contributed by atoms with Crippen LogP contribution in [0.4, 0.5) is 0 Å². The van der Waals surface area contributed by atoms with E-state index in [4.69, 9.17) is 9.84 Å². The molecule has 0 aromatic carbocycles. The molecule has 5 nitrogen and oxygen atoms in total. The van der Waals surface area contributed by atoms with Gasteiger partial charge < -0.3 is 9.84 Å². The highest BCUT2D eigenvalue weighted by Crippen LogP contribution is 2.22. The van der Waals surface area contributed by atoms with Gasteiger partial charge in [0, 0.05) is 24.3 Å². The van der Waals surface area contributed by atoms with Crippen LogP contribution < -0.4 is 0 Å². The van der Waals surface area contributed by atoms with Crippen molar-refractivity contribution in [2.45, 2.75) is 19.3 Å². The Morgan fingerprint density at radius 2 is 2.47 bits per heavy atom. The Bertz CT molecular complexity index is 386. The van der Waals surface area contributed by atoms with E-state index in [2.05, 4.69) is 9.97 Å². The number of carbonyl (C=O) groups is 1. The van der Waals surface area contributed by atoms with Crippen molar-refractivity contribution >= 4 is 5.97 Å². The lowest BCUT2D eigenvalue weighted by Gasteiger charge is -2.07. The van der Waals surface area contributed by atoms with Crippen molar-refractivity contribution in [2.75, 3.05) is 13.2 Å². The van der Waals surface area contributed by atoms with E-state index in [0.29, 0.717) is 24.6 Å². The molecule has 1 aromatic rings. The van der Waals surface area contributed by atoms with E-state index < -0.39 is 5.97 Å². The summed E-state index contributed by atoms with van der Waals surface area (Å²) in [6.07, 6.45) is 2.42. The topological polar surface area (TPSA) is 72.3 Å². The average molecular weight is 208 g/mol. The number of aryl methyl sites for hydroxylation is 1. The minimum Gasteiger partial charge on any atom is -0.477 e. The molecule has 0 radical (unpaired) electrons. The summed E-state index contributed by atoms with van der Waals surface area (Å²) in [5.41, 5.74) is 0.678. The molecule has 0 spiro atoms. The van der Waals surface area contributed by atoms with Crippen LogP contribution in [0.1, 0.15) is 34.2 Å². The molecule has 2 heterocycles. The summed E-state index contributed by atoms with van der Waals surface area (Å²) >= 11 is 0. The Kier molecular flexibility index (Phi) is 2.64. The van der Waals surface area contributed by atoms with E-state index in [1.807, 2.05) is 0 Å². The van der Waals surface area contributed by atoms with Crippen LogP contribution in [-0.4, -0.2) is 34.3 Å². The zero-order chi connectivity index (χ0) is 10.8. The van der Waals surface area contributed by atoms with Crippen LogP contribution in [0.25, 0.3) is 0 Å². The summed E-state index contributed by atoms with van der Waals surface area (Å²) in [5, 5.41) is 8.91. The second-order valence-corrected chi connectivity index (χ2v) is 3.63. The predicted molar refractivity (Wildman–Crippen MR) is 51.9 cm³/mol. The highest BCUT2D eigenvalue weighted by molar-refractivity contribution is 5.86. The van der Waals surface area contributed by atoms with Gasteiger partial charge in [-0.15, -0.1) is 0 Å². The molecule has 1 aliphatic heterocycles. The van der Waals surface area contributed by atoms with Crippen molar-refractivity contribution in [3.8, 4) is 0 Å². The molecule has 80 valence electrons. The maximum Gasteiger partial charge on any atom is 0.354 e. The largest absolute Gasteiger partial charge is 0.477 e. The normalized spacial score (nSPS) is 20.5. The number of carboxylic acids is 1. The molecule has 0 aliphatic carbocycles. The van der Waals surface area contributed by atoms with Crippen molar-refractivity contribution in [2.24, 2.45) is 0 Å². The number of aromatic carboxylic acids is 1. The van der Waals surface area contributed by atoms with Crippen molar-refractivity contribution in [1.82, 2.24) is 9.97 Å². The first-order valence-corrected chi connectivity index (χ1v) is 4.83. The summed E-state index contributed by atoms with van der Waals surface area (Å²) in [6.45, 7) is 2.98. The van der Waals surface area contributed by atoms with E-state index in [1.165, 1.54) is 0 Å². The van der Waals surface area contributed by atoms with Crippen LogP contribution in [0.2, 0.25) is 0 Å². The highest BCUT2D eigenvalue weighted by Gasteiger charge is 2.22. The molecule has 1 fully saturated rings. The molecule has 1 unspecified atom stereocenters. The van der Waals surface area contributed by atoms with E-state index in [9.17, 15) is 4.79 Å². The lowest BCUT2D eigenvalue weighted by molar-refractivity contribution is 0.0688. The van der Waals surface area contributed by atoms with Crippen LogP contribution in [0, 0.1) is 6.92 Å². The van der Waals surface area contributed by atoms with Gasteiger partial charge in [0.25, 0.3) is 0 Å². The highest BCUT2D eigenvalue weighted by atomic mass is 16.5. The zero-order valence-corrected chi connectivity index (χ0v) is 8.43. The van der Waals surface area contributed by atoms with E-state index in [0.717, 1.165) is 6.42 Å². The minimum absolute atomic E-state index is 0.0897. The fraction of sp³-hybridized carbons (Fsp3) is 0.500. The summed E-state index contributed by atoms with van der Waals surface area (Å²) in [5.74, 6) is -0.283. The van der Waals surface area contributed by atoms with Gasteiger partial charge in [-0.3, -0.25) is 0 Å². The van der Waals surface area contributed by atoms with Crippen LogP contribution in [0.5, 0.6) is 0 Å². The Hall–Kier alpha value is -1.49. The van der Waals surface area contributed by atoms with Gasteiger partial charge in [-0.1, -0.05) is 0 Å². The first kappa shape index (κ1) is 10.0. The first-order valence-electron chi connectivity index (χ1n) is 4.83. The third-order valence-corrected chi connectivity index (χ3v) is 2.49. The van der Waals surface area contributed by atoms with E-state index in [-0.39, 0.29) is 11.6 Å². The van der Waals surface area contributed by atoms with Gasteiger partial charge in [-0.05, 0) is 13.3 Å². The Morgan fingerprint density at radius 3 is 3.07 bits per heavy atom. The van der Waals surface area contributed by atoms with Crippen LogP contribution in [0.15, 0.2) is 6.20 Å². The van der Waals surface area contributed by atoms with Crippen molar-refractivity contribution in [1.29, 1.82) is 0 Å². The Labute approximate surface area is 87.1 Å². The average Bonchev–Trinajstić information content (AvgIpc) is 2.71.